The molecule has 1 atom stereocenters. The quantitative estimate of drug-likeness (QED) is 0.352. The average Bonchev–Trinajstić information content (AvgIpc) is 3.30. The Balaban J connectivity index is 1.34. The number of carbonyl (C=O) groups excluding carboxylic acids is 1. The van der Waals surface area contributed by atoms with Crippen molar-refractivity contribution in [1.82, 2.24) is 9.99 Å². The van der Waals surface area contributed by atoms with Gasteiger partial charge in [-0.05, 0) is 85.4 Å². The van der Waals surface area contributed by atoms with Gasteiger partial charge in [-0.1, -0.05) is 48.9 Å². The van der Waals surface area contributed by atoms with Gasteiger partial charge in [0, 0.05) is 35.6 Å². The molecule has 6 nitrogen and oxygen atoms in total. The number of methoxy groups -OCH3 is 1. The Morgan fingerprint density at radius 2 is 1.85 bits per heavy atom. The smallest absolute Gasteiger partial charge is 0.257 e. The van der Waals surface area contributed by atoms with Crippen molar-refractivity contribution in [2.75, 3.05) is 19.5 Å². The molecule has 1 fully saturated rings. The zero-order valence-corrected chi connectivity index (χ0v) is 24.1. The van der Waals surface area contributed by atoms with E-state index >= 15 is 0 Å². The predicted octanol–water partition coefficient (Wildman–Crippen LogP) is 7.67. The SMILES string of the molecule is COc1nc(-c2cccc(-c3cccc(NC(=O)C4=CC=NN(C)C4=C4CCC4)c3C)c2Cl)cc2c1C(C)CC2. The van der Waals surface area contributed by atoms with Crippen molar-refractivity contribution in [2.24, 2.45) is 5.10 Å². The van der Waals surface area contributed by atoms with Crippen molar-refractivity contribution in [3.05, 3.63) is 87.1 Å². The van der Waals surface area contributed by atoms with Crippen LogP contribution in [0.4, 0.5) is 5.69 Å². The molecule has 2 aromatic carbocycles. The fourth-order valence-corrected chi connectivity index (χ4v) is 6.35. The molecule has 1 aliphatic heterocycles. The van der Waals surface area contributed by atoms with Crippen LogP contribution in [0.5, 0.6) is 5.88 Å². The molecule has 1 aromatic heterocycles. The van der Waals surface area contributed by atoms with E-state index in [-0.39, 0.29) is 5.91 Å². The molecule has 0 saturated heterocycles. The maximum Gasteiger partial charge on any atom is 0.257 e. The lowest BCUT2D eigenvalue weighted by Gasteiger charge is -2.29. The molecule has 3 aromatic rings. The van der Waals surface area contributed by atoms with Gasteiger partial charge in [0.1, 0.15) is 0 Å². The van der Waals surface area contributed by atoms with Crippen LogP contribution in [0.1, 0.15) is 55.2 Å². The van der Waals surface area contributed by atoms with Gasteiger partial charge in [0.2, 0.25) is 5.88 Å². The molecule has 2 aliphatic carbocycles. The number of hydrogen-bond acceptors (Lipinski definition) is 5. The van der Waals surface area contributed by atoms with Gasteiger partial charge in [-0.2, -0.15) is 5.10 Å². The lowest BCUT2D eigenvalue weighted by atomic mass is 9.87. The molecule has 2 heterocycles. The van der Waals surface area contributed by atoms with Crippen LogP contribution in [-0.4, -0.2) is 36.3 Å². The molecular weight excluding hydrogens is 520 g/mol. The van der Waals surface area contributed by atoms with Crippen molar-refractivity contribution >= 4 is 29.4 Å². The van der Waals surface area contributed by atoms with Crippen LogP contribution in [0.3, 0.4) is 0 Å². The van der Waals surface area contributed by atoms with E-state index in [0.717, 1.165) is 71.4 Å². The second-order valence-electron chi connectivity index (χ2n) is 10.8. The summed E-state index contributed by atoms with van der Waals surface area (Å²) in [7, 11) is 3.57. The summed E-state index contributed by atoms with van der Waals surface area (Å²) in [6.07, 6.45) is 8.75. The maximum absolute atomic E-state index is 13.5. The number of fused-ring (bicyclic) bond motifs is 1. The summed E-state index contributed by atoms with van der Waals surface area (Å²) >= 11 is 7.09. The topological polar surface area (TPSA) is 66.8 Å². The van der Waals surface area contributed by atoms with E-state index in [4.69, 9.17) is 21.3 Å². The number of carbonyl (C=O) groups is 1. The number of nitrogens with one attached hydrogen (secondary N) is 1. The van der Waals surface area contributed by atoms with Gasteiger partial charge in [0.15, 0.2) is 0 Å². The molecule has 40 heavy (non-hydrogen) atoms. The van der Waals surface area contributed by atoms with Crippen molar-refractivity contribution in [2.45, 2.75) is 51.9 Å². The number of pyridine rings is 1. The number of benzene rings is 2. The number of anilines is 1. The molecule has 204 valence electrons. The first kappa shape index (κ1) is 26.3. The van der Waals surface area contributed by atoms with Gasteiger partial charge in [0.25, 0.3) is 5.91 Å². The Bertz CT molecular complexity index is 1610. The first-order chi connectivity index (χ1) is 19.4. The second kappa shape index (κ2) is 10.6. The third-order valence-electron chi connectivity index (χ3n) is 8.39. The molecule has 0 radical (unpaired) electrons. The van der Waals surface area contributed by atoms with E-state index in [1.807, 2.05) is 50.4 Å². The van der Waals surface area contributed by atoms with Crippen LogP contribution >= 0.6 is 11.6 Å². The van der Waals surface area contributed by atoms with E-state index < -0.39 is 0 Å². The van der Waals surface area contributed by atoms with Crippen molar-refractivity contribution in [3.63, 3.8) is 0 Å². The summed E-state index contributed by atoms with van der Waals surface area (Å²) in [6, 6.07) is 14.1. The molecule has 1 saturated carbocycles. The third kappa shape index (κ3) is 4.50. The zero-order chi connectivity index (χ0) is 28.0. The molecule has 0 spiro atoms. The summed E-state index contributed by atoms with van der Waals surface area (Å²) in [5, 5.41) is 9.95. The van der Waals surface area contributed by atoms with Gasteiger partial charge in [-0.3, -0.25) is 9.80 Å². The number of amides is 1. The van der Waals surface area contributed by atoms with Crippen LogP contribution in [0.25, 0.3) is 22.4 Å². The van der Waals surface area contributed by atoms with E-state index in [9.17, 15) is 4.79 Å². The Morgan fingerprint density at radius 1 is 1.10 bits per heavy atom. The van der Waals surface area contributed by atoms with Crippen LogP contribution in [0, 0.1) is 6.92 Å². The fourth-order valence-electron chi connectivity index (χ4n) is 6.03. The minimum absolute atomic E-state index is 0.142. The largest absolute Gasteiger partial charge is 0.481 e. The first-order valence-electron chi connectivity index (χ1n) is 13.9. The molecule has 1 unspecified atom stereocenters. The number of hydrogen-bond donors (Lipinski definition) is 1. The van der Waals surface area contributed by atoms with Gasteiger partial charge in [-0.15, -0.1) is 0 Å². The van der Waals surface area contributed by atoms with Gasteiger partial charge in [0.05, 0.1) is 29.1 Å². The summed E-state index contributed by atoms with van der Waals surface area (Å²) in [5.41, 5.74) is 10.5. The number of rotatable bonds is 5. The Hall–Kier alpha value is -3.90. The maximum atomic E-state index is 13.5. The monoisotopic (exact) mass is 552 g/mol. The average molecular weight is 553 g/mol. The second-order valence-corrected chi connectivity index (χ2v) is 11.2. The summed E-state index contributed by atoms with van der Waals surface area (Å²) in [5.74, 6) is 0.979. The number of likely N-dealkylation sites (N-methyl/N-ethyl adjacent to an activating group) is 1. The van der Waals surface area contributed by atoms with Gasteiger partial charge >= 0.3 is 0 Å². The van der Waals surface area contributed by atoms with Crippen LogP contribution in [-0.2, 0) is 11.2 Å². The van der Waals surface area contributed by atoms with Crippen LogP contribution in [0.2, 0.25) is 5.02 Å². The van der Waals surface area contributed by atoms with Crippen LogP contribution < -0.4 is 10.1 Å². The Morgan fingerprint density at radius 3 is 2.60 bits per heavy atom. The summed E-state index contributed by atoms with van der Waals surface area (Å²) in [6.45, 7) is 4.24. The van der Waals surface area contributed by atoms with E-state index in [0.29, 0.717) is 22.4 Å². The van der Waals surface area contributed by atoms with E-state index in [1.165, 1.54) is 16.7 Å². The molecule has 6 rings (SSSR count). The van der Waals surface area contributed by atoms with E-state index in [1.54, 1.807) is 24.4 Å². The number of halogens is 1. The number of aryl methyl sites for hydroxylation is 1. The highest BCUT2D eigenvalue weighted by atomic mass is 35.5. The van der Waals surface area contributed by atoms with Gasteiger partial charge < -0.3 is 10.1 Å². The molecule has 1 N–H and O–H groups in total. The van der Waals surface area contributed by atoms with E-state index in [2.05, 4.69) is 23.4 Å². The molecular formula is C33H33ClN4O2. The molecule has 3 aliphatic rings. The Kier molecular flexibility index (Phi) is 6.97. The summed E-state index contributed by atoms with van der Waals surface area (Å²) in [4.78, 5) is 18.4. The molecule has 0 bridgehead atoms. The fraction of sp³-hybridized carbons (Fsp3) is 0.303. The molecule has 7 heteroatoms. The number of allylic oxidation sites excluding steroid dienone is 2. The summed E-state index contributed by atoms with van der Waals surface area (Å²) < 4.78 is 5.69. The van der Waals surface area contributed by atoms with Crippen molar-refractivity contribution < 1.29 is 9.53 Å². The van der Waals surface area contributed by atoms with Crippen molar-refractivity contribution in [3.8, 4) is 28.3 Å². The number of hydrazone groups is 1. The lowest BCUT2D eigenvalue weighted by Crippen LogP contribution is -2.27. The molecule has 1 amide bonds. The first-order valence-corrected chi connectivity index (χ1v) is 14.2. The zero-order valence-electron chi connectivity index (χ0n) is 23.3. The van der Waals surface area contributed by atoms with Gasteiger partial charge in [-0.25, -0.2) is 4.98 Å². The highest BCUT2D eigenvalue weighted by Crippen LogP contribution is 2.43. The predicted molar refractivity (Wildman–Crippen MR) is 162 cm³/mol. The van der Waals surface area contributed by atoms with Crippen molar-refractivity contribution in [1.29, 1.82) is 0 Å². The Labute approximate surface area is 240 Å². The highest BCUT2D eigenvalue weighted by Gasteiger charge is 2.28. The normalized spacial score (nSPS) is 17.9. The van der Waals surface area contributed by atoms with Crippen LogP contribution in [0.15, 0.2) is 70.5 Å². The minimum atomic E-state index is -0.142. The number of ether oxygens (including phenoxy) is 1. The lowest BCUT2D eigenvalue weighted by molar-refractivity contribution is -0.112. The highest BCUT2D eigenvalue weighted by molar-refractivity contribution is 6.36. The standard InChI is InChI=1S/C33H33ClN4O2/c1-19-14-15-22-18-28(37-33(40-4)29(19)22)25-12-6-11-24(30(25)34)23-10-7-13-27(20(23)2)36-32(39)26-16-17-35-38(3)31(26)21-8-5-9-21/h6-7,10-13,16-19H,5,8-9,14-15H2,1-4H3,(H,36,39). The minimum Gasteiger partial charge on any atom is -0.481 e. The number of aromatic nitrogens is 1. The number of nitrogens with zero attached hydrogens (tertiary/aromatic N) is 3. The third-order valence-corrected chi connectivity index (χ3v) is 8.79.